The van der Waals surface area contributed by atoms with E-state index in [4.69, 9.17) is 10.7 Å². The van der Waals surface area contributed by atoms with E-state index in [2.05, 4.69) is 62.6 Å². The molecule has 1 atom stereocenters. The van der Waals surface area contributed by atoms with Crippen molar-refractivity contribution in [3.8, 4) is 0 Å². The molecule has 1 aromatic heterocycles. The standard InChI is InChI=1S/C18H27N3/c1-5-17-20-16(18(19)21(17)12-13(2)3)11-14(4)15-9-7-6-8-10-15/h6-10,13-14H,5,11-12,19H2,1-4H3. The van der Waals surface area contributed by atoms with Crippen molar-refractivity contribution >= 4 is 5.82 Å². The van der Waals surface area contributed by atoms with Crippen LogP contribution >= 0.6 is 0 Å². The highest BCUT2D eigenvalue weighted by Crippen LogP contribution is 2.25. The maximum absolute atomic E-state index is 6.35. The van der Waals surface area contributed by atoms with Crippen LogP contribution in [0.25, 0.3) is 0 Å². The van der Waals surface area contributed by atoms with Gasteiger partial charge in [-0.2, -0.15) is 0 Å². The van der Waals surface area contributed by atoms with Gasteiger partial charge in [0.15, 0.2) is 0 Å². The first-order valence-corrected chi connectivity index (χ1v) is 7.91. The molecule has 2 rings (SSSR count). The van der Waals surface area contributed by atoms with Gasteiger partial charge in [0.2, 0.25) is 0 Å². The lowest BCUT2D eigenvalue weighted by Gasteiger charge is -2.13. The maximum atomic E-state index is 6.35. The summed E-state index contributed by atoms with van der Waals surface area (Å²) in [6.07, 6.45) is 1.82. The molecule has 0 aliphatic heterocycles. The maximum Gasteiger partial charge on any atom is 0.126 e. The molecule has 114 valence electrons. The molecule has 0 saturated carbocycles. The Morgan fingerprint density at radius 2 is 1.81 bits per heavy atom. The summed E-state index contributed by atoms with van der Waals surface area (Å²) < 4.78 is 2.19. The molecule has 0 bridgehead atoms. The lowest BCUT2D eigenvalue weighted by molar-refractivity contribution is 0.513. The normalized spacial score (nSPS) is 12.8. The van der Waals surface area contributed by atoms with Crippen molar-refractivity contribution in [1.29, 1.82) is 0 Å². The van der Waals surface area contributed by atoms with E-state index in [1.165, 1.54) is 5.56 Å². The minimum absolute atomic E-state index is 0.431. The van der Waals surface area contributed by atoms with Gasteiger partial charge in [-0.25, -0.2) is 4.98 Å². The molecule has 0 aliphatic carbocycles. The van der Waals surface area contributed by atoms with Crippen molar-refractivity contribution in [2.45, 2.75) is 53.0 Å². The molecule has 1 heterocycles. The number of hydrogen-bond acceptors (Lipinski definition) is 2. The van der Waals surface area contributed by atoms with Crippen LogP contribution < -0.4 is 5.73 Å². The second-order valence-corrected chi connectivity index (χ2v) is 6.23. The van der Waals surface area contributed by atoms with Crippen LogP contribution in [0.5, 0.6) is 0 Å². The first-order chi connectivity index (χ1) is 10.0. The molecule has 1 unspecified atom stereocenters. The van der Waals surface area contributed by atoms with Crippen molar-refractivity contribution < 1.29 is 0 Å². The van der Waals surface area contributed by atoms with Crippen LogP contribution in [-0.4, -0.2) is 9.55 Å². The third-order valence-electron chi connectivity index (χ3n) is 3.89. The van der Waals surface area contributed by atoms with E-state index < -0.39 is 0 Å². The molecule has 0 radical (unpaired) electrons. The van der Waals surface area contributed by atoms with Gasteiger partial charge >= 0.3 is 0 Å². The third kappa shape index (κ3) is 3.66. The Labute approximate surface area is 128 Å². The predicted molar refractivity (Wildman–Crippen MR) is 89.4 cm³/mol. The van der Waals surface area contributed by atoms with E-state index in [1.54, 1.807) is 0 Å². The second-order valence-electron chi connectivity index (χ2n) is 6.23. The highest BCUT2D eigenvalue weighted by Gasteiger charge is 2.17. The van der Waals surface area contributed by atoms with Crippen LogP contribution in [-0.2, 0) is 19.4 Å². The van der Waals surface area contributed by atoms with Crippen molar-refractivity contribution in [3.05, 3.63) is 47.4 Å². The molecule has 2 aromatic rings. The van der Waals surface area contributed by atoms with Gasteiger partial charge in [-0.05, 0) is 23.8 Å². The molecule has 0 spiro atoms. The predicted octanol–water partition coefficient (Wildman–Crippen LogP) is 4.03. The Bertz CT molecular complexity index is 570. The fourth-order valence-electron chi connectivity index (χ4n) is 2.75. The summed E-state index contributed by atoms with van der Waals surface area (Å²) in [6, 6.07) is 10.6. The summed E-state index contributed by atoms with van der Waals surface area (Å²) in [7, 11) is 0. The van der Waals surface area contributed by atoms with E-state index in [1.807, 2.05) is 0 Å². The minimum atomic E-state index is 0.431. The Morgan fingerprint density at radius 1 is 1.14 bits per heavy atom. The number of anilines is 1. The molecule has 0 saturated heterocycles. The van der Waals surface area contributed by atoms with Crippen molar-refractivity contribution in [1.82, 2.24) is 9.55 Å². The summed E-state index contributed by atoms with van der Waals surface area (Å²) in [6.45, 7) is 9.75. The zero-order valence-electron chi connectivity index (χ0n) is 13.6. The van der Waals surface area contributed by atoms with Gasteiger partial charge in [-0.3, -0.25) is 0 Å². The molecule has 1 aromatic carbocycles. The molecule has 0 fully saturated rings. The Morgan fingerprint density at radius 3 is 2.38 bits per heavy atom. The smallest absolute Gasteiger partial charge is 0.126 e. The zero-order valence-corrected chi connectivity index (χ0v) is 13.6. The van der Waals surface area contributed by atoms with E-state index in [-0.39, 0.29) is 0 Å². The molecule has 2 N–H and O–H groups in total. The molecular formula is C18H27N3. The monoisotopic (exact) mass is 285 g/mol. The Balaban J connectivity index is 2.22. The van der Waals surface area contributed by atoms with E-state index in [0.29, 0.717) is 11.8 Å². The lowest BCUT2D eigenvalue weighted by atomic mass is 9.96. The summed E-state index contributed by atoms with van der Waals surface area (Å²) >= 11 is 0. The number of nitrogens with zero attached hydrogens (tertiary/aromatic N) is 2. The molecule has 21 heavy (non-hydrogen) atoms. The quantitative estimate of drug-likeness (QED) is 0.871. The highest BCUT2D eigenvalue weighted by molar-refractivity contribution is 5.40. The number of hydrogen-bond donors (Lipinski definition) is 1. The van der Waals surface area contributed by atoms with Crippen LogP contribution in [0.4, 0.5) is 5.82 Å². The van der Waals surface area contributed by atoms with Gasteiger partial charge in [-0.15, -0.1) is 0 Å². The Hall–Kier alpha value is -1.77. The van der Waals surface area contributed by atoms with E-state index >= 15 is 0 Å². The lowest BCUT2D eigenvalue weighted by Crippen LogP contribution is -2.11. The van der Waals surface area contributed by atoms with Gasteiger partial charge in [0, 0.05) is 13.0 Å². The zero-order chi connectivity index (χ0) is 15.4. The molecular weight excluding hydrogens is 258 g/mol. The largest absolute Gasteiger partial charge is 0.384 e. The number of rotatable bonds is 6. The summed E-state index contributed by atoms with van der Waals surface area (Å²) in [5.74, 6) is 2.96. The molecule has 0 aliphatic rings. The summed E-state index contributed by atoms with van der Waals surface area (Å²) in [5, 5.41) is 0. The first-order valence-electron chi connectivity index (χ1n) is 7.91. The number of nitrogen functional groups attached to an aromatic ring is 1. The van der Waals surface area contributed by atoms with Crippen molar-refractivity contribution in [2.75, 3.05) is 5.73 Å². The fraction of sp³-hybridized carbons (Fsp3) is 0.500. The van der Waals surface area contributed by atoms with Gasteiger partial charge in [0.05, 0.1) is 5.69 Å². The van der Waals surface area contributed by atoms with E-state index in [0.717, 1.165) is 36.7 Å². The van der Waals surface area contributed by atoms with Crippen molar-refractivity contribution in [2.24, 2.45) is 5.92 Å². The topological polar surface area (TPSA) is 43.8 Å². The minimum Gasteiger partial charge on any atom is -0.384 e. The molecule has 3 nitrogen and oxygen atoms in total. The van der Waals surface area contributed by atoms with Gasteiger partial charge in [-0.1, -0.05) is 58.0 Å². The molecule has 0 amide bonds. The third-order valence-corrected chi connectivity index (χ3v) is 3.89. The van der Waals surface area contributed by atoms with E-state index in [9.17, 15) is 0 Å². The van der Waals surface area contributed by atoms with Gasteiger partial charge in [0.25, 0.3) is 0 Å². The van der Waals surface area contributed by atoms with Crippen molar-refractivity contribution in [3.63, 3.8) is 0 Å². The second kappa shape index (κ2) is 6.79. The number of aryl methyl sites for hydroxylation is 1. The van der Waals surface area contributed by atoms with Crippen LogP contribution in [0, 0.1) is 5.92 Å². The van der Waals surface area contributed by atoms with Gasteiger partial charge in [0.1, 0.15) is 11.6 Å². The van der Waals surface area contributed by atoms with Crippen LogP contribution in [0.15, 0.2) is 30.3 Å². The number of nitrogens with two attached hydrogens (primary N) is 1. The average Bonchev–Trinajstić information content (AvgIpc) is 2.76. The fourth-order valence-corrected chi connectivity index (χ4v) is 2.75. The highest BCUT2D eigenvalue weighted by atomic mass is 15.1. The Kier molecular flexibility index (Phi) is 5.05. The first kappa shape index (κ1) is 15.6. The number of aromatic nitrogens is 2. The van der Waals surface area contributed by atoms with Gasteiger partial charge < -0.3 is 10.3 Å². The van der Waals surface area contributed by atoms with Crippen LogP contribution in [0.3, 0.4) is 0 Å². The number of benzene rings is 1. The van der Waals surface area contributed by atoms with Crippen LogP contribution in [0.2, 0.25) is 0 Å². The van der Waals surface area contributed by atoms with Crippen LogP contribution in [0.1, 0.15) is 50.7 Å². The number of imidazole rings is 1. The SMILES string of the molecule is CCc1nc(CC(C)c2ccccc2)c(N)n1CC(C)C. The average molecular weight is 285 g/mol. The summed E-state index contributed by atoms with van der Waals surface area (Å²) in [4.78, 5) is 4.78. The molecule has 3 heteroatoms. The summed E-state index contributed by atoms with van der Waals surface area (Å²) in [5.41, 5.74) is 8.74.